The monoisotopic (exact) mass is 967 g/mol. The van der Waals surface area contributed by atoms with E-state index in [0.717, 1.165) is 40.2 Å². The summed E-state index contributed by atoms with van der Waals surface area (Å²) in [7, 11) is 0. The van der Waals surface area contributed by atoms with Gasteiger partial charge in [-0.1, -0.05) is 48.5 Å². The Morgan fingerprint density at radius 2 is 1.53 bits per heavy atom. The van der Waals surface area contributed by atoms with Crippen LogP contribution in [0.3, 0.4) is 0 Å². The Morgan fingerprint density at radius 3 is 2.12 bits per heavy atom. The molecule has 7 N–H and O–H groups in total. The largest absolute Gasteiger partial charge is 0.458 e. The van der Waals surface area contributed by atoms with Gasteiger partial charge in [-0.15, -0.1) is 0 Å². The third-order valence-corrected chi connectivity index (χ3v) is 14.2. The van der Waals surface area contributed by atoms with Crippen LogP contribution in [0.2, 0.25) is 0 Å². The van der Waals surface area contributed by atoms with Crippen molar-refractivity contribution in [2.24, 2.45) is 23.7 Å². The Morgan fingerprint density at radius 1 is 0.882 bits per heavy atom. The molecule has 11 unspecified atom stereocenters. The zero-order valence-electron chi connectivity index (χ0n) is 41.0. The average molecular weight is 967 g/mol. The van der Waals surface area contributed by atoms with Gasteiger partial charge in [0.25, 0.3) is 29.5 Å². The summed E-state index contributed by atoms with van der Waals surface area (Å²) < 4.78 is 12.1. The van der Waals surface area contributed by atoms with Gasteiger partial charge in [0.2, 0.25) is 17.6 Å². The second kappa shape index (κ2) is 21.2. The van der Waals surface area contributed by atoms with Crippen LogP contribution >= 0.6 is 0 Å². The molecule has 5 rings (SSSR count). The van der Waals surface area contributed by atoms with Crippen molar-refractivity contribution >= 4 is 47.3 Å². The maximum absolute atomic E-state index is 15.1. The smallest absolute Gasteiger partial charge is 0.332 e. The first-order chi connectivity index (χ1) is 31.6. The van der Waals surface area contributed by atoms with E-state index in [1.807, 2.05) is 20.8 Å². The highest BCUT2D eigenvalue weighted by Crippen LogP contribution is 2.42. The van der Waals surface area contributed by atoms with Gasteiger partial charge in [0.05, 0.1) is 11.7 Å². The van der Waals surface area contributed by atoms with Crippen molar-refractivity contribution in [1.82, 2.24) is 40.8 Å². The van der Waals surface area contributed by atoms with E-state index in [4.69, 9.17) is 9.47 Å². The molecule has 384 valence electrons. The van der Waals surface area contributed by atoms with E-state index in [9.17, 15) is 59.3 Å². The van der Waals surface area contributed by atoms with Gasteiger partial charge in [-0.25, -0.2) is 25.4 Å². The number of nitrogens with one attached hydrogen (secondary N) is 2. The van der Waals surface area contributed by atoms with Gasteiger partial charge < -0.3 is 35.0 Å². The fraction of sp³-hybridized carbons (Fsp3) is 0.822. The lowest BCUT2D eigenvalue weighted by atomic mass is 9.78. The third-order valence-electron chi connectivity index (χ3n) is 14.2. The van der Waals surface area contributed by atoms with Crippen LogP contribution in [-0.2, 0) is 47.8 Å². The quantitative estimate of drug-likeness (QED) is 0.123. The molecule has 68 heavy (non-hydrogen) atoms. The lowest BCUT2D eigenvalue weighted by molar-refractivity contribution is -0.329. The van der Waals surface area contributed by atoms with Gasteiger partial charge in [0.1, 0.15) is 36.8 Å². The average Bonchev–Trinajstić information content (AvgIpc) is 3.59. The molecule has 0 aliphatic carbocycles. The lowest BCUT2D eigenvalue weighted by Crippen LogP contribution is -2.70. The minimum atomic E-state index is -2.76. The minimum Gasteiger partial charge on any atom is -0.458 e. The number of hydrazine groups is 2. The summed E-state index contributed by atoms with van der Waals surface area (Å²) in [5.41, 5.74) is -1.97. The van der Waals surface area contributed by atoms with Crippen LogP contribution in [0.15, 0.2) is 0 Å². The molecule has 7 amide bonds. The Hall–Kier alpha value is -4.52. The summed E-state index contributed by atoms with van der Waals surface area (Å²) in [4.78, 5) is 116. The first kappa shape index (κ1) is 54.4. The van der Waals surface area contributed by atoms with E-state index in [-0.39, 0.29) is 80.1 Å². The molecule has 23 nitrogen and oxygen atoms in total. The number of aliphatic hydroxyl groups is 3. The number of ether oxygens (including phenoxy) is 2. The van der Waals surface area contributed by atoms with Gasteiger partial charge >= 0.3 is 5.97 Å². The molecule has 0 aromatic carbocycles. The van der Waals surface area contributed by atoms with Crippen molar-refractivity contribution in [3.63, 3.8) is 0 Å². The number of carbonyl (C=O) groups excluding carboxylic acids is 8. The first-order valence-corrected chi connectivity index (χ1v) is 24.0. The zero-order chi connectivity index (χ0) is 51.0. The van der Waals surface area contributed by atoms with Crippen molar-refractivity contribution in [2.75, 3.05) is 26.2 Å². The molecular formula is C45H74N8O15. The van der Waals surface area contributed by atoms with E-state index in [1.54, 1.807) is 0 Å². The zero-order valence-corrected chi connectivity index (χ0v) is 41.0. The van der Waals surface area contributed by atoms with E-state index in [2.05, 4.69) is 10.7 Å². The Bertz CT molecular complexity index is 1930. The highest BCUT2D eigenvalue weighted by molar-refractivity contribution is 5.98. The van der Waals surface area contributed by atoms with Gasteiger partial charge in [0, 0.05) is 33.0 Å². The molecule has 11 atom stereocenters. The van der Waals surface area contributed by atoms with Crippen LogP contribution < -0.4 is 10.7 Å². The van der Waals surface area contributed by atoms with Gasteiger partial charge in [0.15, 0.2) is 11.6 Å². The van der Waals surface area contributed by atoms with Crippen molar-refractivity contribution in [2.45, 2.75) is 186 Å². The topological polar surface area (TPSA) is 300 Å². The predicted molar refractivity (Wildman–Crippen MR) is 236 cm³/mol. The Kier molecular flexibility index (Phi) is 17.0. The fourth-order valence-corrected chi connectivity index (χ4v) is 10.3. The maximum Gasteiger partial charge on any atom is 0.332 e. The minimum absolute atomic E-state index is 0.00204. The normalized spacial score (nSPS) is 34.0. The third kappa shape index (κ3) is 10.8. The maximum atomic E-state index is 15.1. The summed E-state index contributed by atoms with van der Waals surface area (Å²) in [6, 6.07) is -8.81. The van der Waals surface area contributed by atoms with E-state index in [1.165, 1.54) is 34.6 Å². The molecule has 0 saturated carbocycles. The molecule has 0 bridgehead atoms. The summed E-state index contributed by atoms with van der Waals surface area (Å²) in [5, 5.41) is 63.8. The predicted octanol–water partition coefficient (Wildman–Crippen LogP) is -0.194. The molecule has 0 aromatic heterocycles. The molecule has 0 spiro atoms. The number of amides is 7. The first-order valence-electron chi connectivity index (χ1n) is 24.0. The summed E-state index contributed by atoms with van der Waals surface area (Å²) in [5.74, 6) is -12.9. The number of hydroxylamine groups is 4. The number of hydrogen-bond acceptors (Lipinski definition) is 16. The van der Waals surface area contributed by atoms with Gasteiger partial charge in [-0.3, -0.25) is 54.0 Å². The summed E-state index contributed by atoms with van der Waals surface area (Å²) in [6.45, 7) is 14.0. The number of cyclic esters (lactones) is 1. The molecule has 23 heteroatoms. The van der Waals surface area contributed by atoms with Gasteiger partial charge in [-0.05, 0) is 88.9 Å². The lowest BCUT2D eigenvalue weighted by Gasteiger charge is -2.48. The highest BCUT2D eigenvalue weighted by Gasteiger charge is 2.59. The molecular weight excluding hydrogens is 893 g/mol. The van der Waals surface area contributed by atoms with Crippen LogP contribution in [0.1, 0.15) is 127 Å². The molecule has 5 saturated heterocycles. The van der Waals surface area contributed by atoms with Gasteiger partial charge in [-0.2, -0.15) is 0 Å². The number of rotatable bonds is 8. The van der Waals surface area contributed by atoms with Crippen molar-refractivity contribution in [3.05, 3.63) is 0 Å². The number of nitrogens with zero attached hydrogens (tertiary/aromatic N) is 6. The summed E-state index contributed by atoms with van der Waals surface area (Å²) >= 11 is 0. The fourth-order valence-electron chi connectivity index (χ4n) is 10.3. The standard InChI is InChI=1S/C45H74N8O15/c1-11-31-28(22-24(2)3)16-17-45(64,68-31)44(10,63)42(61)47-33-35(26(6)7)67-41(60)34(25(4)5)53(66)40(59)36-43(9,62)18-21-48(36)37(56)30-15-13-20-49(27(8)54)52(30)32(55)23-50(65)38(57)29-14-12-19-46-51(29)39(33)58/h24-26,28-31,33-36,46,62-66H,11-23H2,1-10H3,(H,47,61). The van der Waals surface area contributed by atoms with Crippen LogP contribution in [-0.4, -0.2) is 189 Å². The molecule has 5 aliphatic rings. The molecule has 5 fully saturated rings. The Balaban J connectivity index is 1.64. The second-order valence-corrected chi connectivity index (χ2v) is 20.6. The van der Waals surface area contributed by atoms with Crippen LogP contribution in [0.4, 0.5) is 0 Å². The van der Waals surface area contributed by atoms with Crippen LogP contribution in [0.5, 0.6) is 0 Å². The number of carbonyl (C=O) groups is 8. The van der Waals surface area contributed by atoms with E-state index in [0.29, 0.717) is 12.8 Å². The number of hydrogen-bond donors (Lipinski definition) is 7. The van der Waals surface area contributed by atoms with E-state index >= 15 is 4.79 Å². The molecule has 0 radical (unpaired) electrons. The molecule has 5 aliphatic heterocycles. The van der Waals surface area contributed by atoms with Crippen molar-refractivity contribution in [1.29, 1.82) is 0 Å². The SMILES string of the molecule is CCC1OC(O)(C(C)(O)C(=O)NC2C(=O)N3NCCCC3C(=O)N(O)CC(=O)N3C(CCCN3C(C)=O)C(=O)N3CCC(C)(O)C3C(=O)N(O)C(C(C)C)C(=O)OC2C(C)C)CCC1CC(C)C. The molecule has 5 heterocycles. The van der Waals surface area contributed by atoms with E-state index < -0.39 is 125 Å². The van der Waals surface area contributed by atoms with Crippen molar-refractivity contribution < 1.29 is 73.6 Å². The summed E-state index contributed by atoms with van der Waals surface area (Å²) in [6.07, 6.45) is -0.748. The van der Waals surface area contributed by atoms with Crippen LogP contribution in [0.25, 0.3) is 0 Å². The van der Waals surface area contributed by atoms with Crippen LogP contribution in [0, 0.1) is 23.7 Å². The molecule has 0 aromatic rings. The number of esters is 1. The second-order valence-electron chi connectivity index (χ2n) is 20.6. The van der Waals surface area contributed by atoms with Crippen molar-refractivity contribution in [3.8, 4) is 0 Å². The Labute approximate surface area is 397 Å². The highest BCUT2D eigenvalue weighted by atomic mass is 16.6. The number of fused-ring (bicyclic) bond motifs is 3.